The monoisotopic (exact) mass is 256 g/mol. The third-order valence-corrected chi connectivity index (χ3v) is 4.45. The Balaban J connectivity index is 1.75. The number of thiocarbonyl (C=S) groups is 1. The van der Waals surface area contributed by atoms with Gasteiger partial charge in [-0.15, -0.1) is 0 Å². The lowest BCUT2D eigenvalue weighted by atomic mass is 9.85. The van der Waals surface area contributed by atoms with Crippen LogP contribution in [0, 0.1) is 5.92 Å². The van der Waals surface area contributed by atoms with Gasteiger partial charge in [0, 0.05) is 32.8 Å². The standard InChI is InChI=1S/C13H24N2OS/c1-16-10-4-8-14-13(17)15-9-7-11-5-2-3-6-12(11)15/h11-12H,2-10H2,1H3,(H,14,17). The van der Waals surface area contributed by atoms with Crippen LogP contribution >= 0.6 is 12.2 Å². The van der Waals surface area contributed by atoms with Gasteiger partial charge in [0.15, 0.2) is 5.11 Å². The molecule has 4 heteroatoms. The average molecular weight is 256 g/mol. The van der Waals surface area contributed by atoms with E-state index in [2.05, 4.69) is 10.2 Å². The van der Waals surface area contributed by atoms with Crippen LogP contribution in [0.2, 0.25) is 0 Å². The average Bonchev–Trinajstić information content (AvgIpc) is 2.78. The van der Waals surface area contributed by atoms with Crippen LogP contribution < -0.4 is 5.32 Å². The van der Waals surface area contributed by atoms with Crippen LogP contribution in [-0.2, 0) is 4.74 Å². The number of hydrogen-bond donors (Lipinski definition) is 1. The van der Waals surface area contributed by atoms with Gasteiger partial charge in [0.25, 0.3) is 0 Å². The summed E-state index contributed by atoms with van der Waals surface area (Å²) in [6.07, 6.45) is 7.91. The summed E-state index contributed by atoms with van der Waals surface area (Å²) in [5.41, 5.74) is 0. The molecule has 1 saturated heterocycles. The Morgan fingerprint density at radius 1 is 1.35 bits per heavy atom. The summed E-state index contributed by atoms with van der Waals surface area (Å²) >= 11 is 5.51. The molecule has 2 fully saturated rings. The van der Waals surface area contributed by atoms with E-state index in [1.165, 1.54) is 32.1 Å². The van der Waals surface area contributed by atoms with Crippen molar-refractivity contribution in [3.63, 3.8) is 0 Å². The number of likely N-dealkylation sites (tertiary alicyclic amines) is 1. The van der Waals surface area contributed by atoms with Gasteiger partial charge >= 0.3 is 0 Å². The molecule has 1 saturated carbocycles. The van der Waals surface area contributed by atoms with Crippen LogP contribution in [0.1, 0.15) is 38.5 Å². The first-order valence-electron chi connectivity index (χ1n) is 6.86. The van der Waals surface area contributed by atoms with Crippen molar-refractivity contribution < 1.29 is 4.74 Å². The van der Waals surface area contributed by atoms with Crippen LogP contribution in [0.15, 0.2) is 0 Å². The van der Waals surface area contributed by atoms with Gasteiger partial charge in [0.1, 0.15) is 0 Å². The van der Waals surface area contributed by atoms with Crippen molar-refractivity contribution in [1.29, 1.82) is 0 Å². The highest BCUT2D eigenvalue weighted by molar-refractivity contribution is 7.80. The van der Waals surface area contributed by atoms with E-state index in [-0.39, 0.29) is 0 Å². The summed E-state index contributed by atoms with van der Waals surface area (Å²) < 4.78 is 5.04. The Morgan fingerprint density at radius 3 is 3.00 bits per heavy atom. The summed E-state index contributed by atoms with van der Waals surface area (Å²) in [6.45, 7) is 2.90. The maximum Gasteiger partial charge on any atom is 0.169 e. The summed E-state index contributed by atoms with van der Waals surface area (Å²) in [5, 5.41) is 4.34. The molecule has 0 aromatic rings. The van der Waals surface area contributed by atoms with Crippen molar-refractivity contribution in [2.24, 2.45) is 5.92 Å². The zero-order chi connectivity index (χ0) is 12.1. The smallest absolute Gasteiger partial charge is 0.169 e. The van der Waals surface area contributed by atoms with Gasteiger partial charge in [0.05, 0.1) is 0 Å². The summed E-state index contributed by atoms with van der Waals surface area (Å²) in [4.78, 5) is 2.44. The molecule has 1 aliphatic carbocycles. The van der Waals surface area contributed by atoms with E-state index < -0.39 is 0 Å². The fraction of sp³-hybridized carbons (Fsp3) is 0.923. The van der Waals surface area contributed by atoms with Crippen molar-refractivity contribution in [3.05, 3.63) is 0 Å². The number of fused-ring (bicyclic) bond motifs is 1. The molecule has 1 N–H and O–H groups in total. The van der Waals surface area contributed by atoms with Crippen LogP contribution in [0.5, 0.6) is 0 Å². The van der Waals surface area contributed by atoms with Crippen molar-refractivity contribution in [2.75, 3.05) is 26.8 Å². The van der Waals surface area contributed by atoms with Gasteiger partial charge in [-0.3, -0.25) is 0 Å². The molecule has 0 amide bonds. The number of rotatable bonds is 4. The molecule has 3 nitrogen and oxygen atoms in total. The van der Waals surface area contributed by atoms with E-state index >= 15 is 0 Å². The van der Waals surface area contributed by atoms with Gasteiger partial charge in [-0.1, -0.05) is 12.8 Å². The predicted molar refractivity (Wildman–Crippen MR) is 74.2 cm³/mol. The minimum atomic E-state index is 0.728. The predicted octanol–water partition coefficient (Wildman–Crippen LogP) is 2.16. The molecule has 1 aliphatic heterocycles. The molecule has 2 rings (SSSR count). The lowest BCUT2D eigenvalue weighted by Gasteiger charge is -2.33. The Bertz CT molecular complexity index is 260. The molecule has 1 heterocycles. The summed E-state index contributed by atoms with van der Waals surface area (Å²) in [5.74, 6) is 0.905. The molecule has 0 bridgehead atoms. The quantitative estimate of drug-likeness (QED) is 0.615. The van der Waals surface area contributed by atoms with Gasteiger partial charge in [-0.05, 0) is 43.8 Å². The van der Waals surface area contributed by atoms with Gasteiger partial charge in [-0.25, -0.2) is 0 Å². The van der Waals surface area contributed by atoms with E-state index in [1.54, 1.807) is 7.11 Å². The molecule has 0 spiro atoms. The molecule has 2 unspecified atom stereocenters. The van der Waals surface area contributed by atoms with Crippen LogP contribution in [-0.4, -0.2) is 42.9 Å². The number of methoxy groups -OCH3 is 1. The Hall–Kier alpha value is -0.350. The van der Waals surface area contributed by atoms with Crippen LogP contribution in [0.25, 0.3) is 0 Å². The fourth-order valence-corrected chi connectivity index (χ4v) is 3.50. The lowest BCUT2D eigenvalue weighted by molar-refractivity contribution is 0.195. The molecular weight excluding hydrogens is 232 g/mol. The van der Waals surface area contributed by atoms with Crippen LogP contribution in [0.3, 0.4) is 0 Å². The van der Waals surface area contributed by atoms with Gasteiger partial charge < -0.3 is 15.0 Å². The molecule has 2 aliphatic rings. The van der Waals surface area contributed by atoms with Crippen molar-refractivity contribution in [1.82, 2.24) is 10.2 Å². The minimum Gasteiger partial charge on any atom is -0.385 e. The Morgan fingerprint density at radius 2 is 2.18 bits per heavy atom. The zero-order valence-electron chi connectivity index (χ0n) is 10.8. The van der Waals surface area contributed by atoms with E-state index in [9.17, 15) is 0 Å². The number of nitrogens with one attached hydrogen (secondary N) is 1. The van der Waals surface area contributed by atoms with Gasteiger partial charge in [0.2, 0.25) is 0 Å². The topological polar surface area (TPSA) is 24.5 Å². The first-order chi connectivity index (χ1) is 8.33. The molecule has 17 heavy (non-hydrogen) atoms. The highest BCUT2D eigenvalue weighted by atomic mass is 32.1. The second-order valence-electron chi connectivity index (χ2n) is 5.17. The van der Waals surface area contributed by atoms with Crippen molar-refractivity contribution in [2.45, 2.75) is 44.6 Å². The molecule has 2 atom stereocenters. The Kier molecular flexibility index (Phi) is 5.04. The zero-order valence-corrected chi connectivity index (χ0v) is 11.6. The highest BCUT2D eigenvalue weighted by Gasteiger charge is 2.36. The number of nitrogens with zero attached hydrogens (tertiary/aromatic N) is 1. The van der Waals surface area contributed by atoms with Crippen molar-refractivity contribution >= 4 is 17.3 Å². The lowest BCUT2D eigenvalue weighted by Crippen LogP contribution is -2.45. The van der Waals surface area contributed by atoms with Gasteiger partial charge in [-0.2, -0.15) is 0 Å². The third kappa shape index (κ3) is 3.32. The second kappa shape index (κ2) is 6.55. The number of hydrogen-bond acceptors (Lipinski definition) is 2. The highest BCUT2D eigenvalue weighted by Crippen LogP contribution is 2.35. The number of ether oxygens (including phenoxy) is 1. The maximum absolute atomic E-state index is 5.51. The van der Waals surface area contributed by atoms with Crippen molar-refractivity contribution in [3.8, 4) is 0 Å². The first-order valence-corrected chi connectivity index (χ1v) is 7.27. The van der Waals surface area contributed by atoms with E-state index in [1.807, 2.05) is 0 Å². The Labute approximate surface area is 110 Å². The summed E-state index contributed by atoms with van der Waals surface area (Å²) in [7, 11) is 1.74. The van der Waals surface area contributed by atoms with Crippen LogP contribution in [0.4, 0.5) is 0 Å². The van der Waals surface area contributed by atoms with E-state index in [0.29, 0.717) is 0 Å². The normalized spacial score (nSPS) is 27.9. The summed E-state index contributed by atoms with van der Waals surface area (Å²) in [6, 6.07) is 0.728. The first kappa shape index (κ1) is 13.1. The third-order valence-electron chi connectivity index (χ3n) is 4.07. The second-order valence-corrected chi connectivity index (χ2v) is 5.56. The molecule has 0 aromatic heterocycles. The minimum absolute atomic E-state index is 0.728. The van der Waals surface area contributed by atoms with E-state index in [0.717, 1.165) is 43.2 Å². The molecular formula is C13H24N2OS. The largest absolute Gasteiger partial charge is 0.385 e. The van der Waals surface area contributed by atoms with E-state index in [4.69, 9.17) is 17.0 Å². The molecule has 0 aromatic carbocycles. The molecule has 0 radical (unpaired) electrons. The SMILES string of the molecule is COCCCNC(=S)N1CCC2CCCCC21. The maximum atomic E-state index is 5.51. The molecule has 98 valence electrons. The fourth-order valence-electron chi connectivity index (χ4n) is 3.17.